The van der Waals surface area contributed by atoms with Crippen LogP contribution in [0, 0.1) is 17.5 Å². The van der Waals surface area contributed by atoms with Gasteiger partial charge in [0, 0.05) is 55.1 Å². The Kier molecular flexibility index (Phi) is 9.28. The Hall–Kier alpha value is -3.69. The van der Waals surface area contributed by atoms with E-state index in [9.17, 15) is 17.5 Å². The Bertz CT molecular complexity index is 1620. The smallest absolute Gasteiger partial charge is 0.232 e. The van der Waals surface area contributed by atoms with E-state index in [1.54, 1.807) is 18.2 Å². The summed E-state index contributed by atoms with van der Waals surface area (Å²) in [6.45, 7) is 0.809. The second-order valence-corrected chi connectivity index (χ2v) is 10.4. The molecule has 4 aromatic rings. The number of nitrogens with one attached hydrogen (secondary N) is 3. The summed E-state index contributed by atoms with van der Waals surface area (Å²) in [6.07, 6.45) is 2.15. The molecule has 3 heterocycles. The minimum Gasteiger partial charge on any atom is -0.437 e. The van der Waals surface area contributed by atoms with Crippen molar-refractivity contribution in [3.05, 3.63) is 94.5 Å². The third kappa shape index (κ3) is 6.68. The summed E-state index contributed by atoms with van der Waals surface area (Å²) in [4.78, 5) is 12.8. The molecule has 1 saturated heterocycles. The molecule has 0 bridgehead atoms. The summed E-state index contributed by atoms with van der Waals surface area (Å²) in [7, 11) is 0. The van der Waals surface area contributed by atoms with Crippen molar-refractivity contribution in [3.8, 4) is 22.9 Å². The maximum Gasteiger partial charge on any atom is 0.232 e. The lowest BCUT2D eigenvalue weighted by Crippen LogP contribution is -2.44. The number of piperidine rings is 1. The van der Waals surface area contributed by atoms with Gasteiger partial charge in [0.15, 0.2) is 11.6 Å². The molecule has 0 saturated carbocycles. The summed E-state index contributed by atoms with van der Waals surface area (Å²) >= 11 is 3.48. The Morgan fingerprint density at radius 3 is 2.64 bits per heavy atom. The monoisotopic (exact) mass is 622 g/mol. The standard InChI is InChI=1S/C27H23ClF4N6O3S/c28-23-21(11-19(31)22(24(23)32)25(38-42(39)40)16-4-1-2-6-18(16)30)41-26-17(5-3-8-34-26)20-7-9-35-27(37-20)36-15-10-14(29)12-33-13-15/h1-9,11,14-15,25,33,38H,10,12-13H2,(H,39,40)(H,35,36,37)/t14-,15-,25?/m0/s1. The van der Waals surface area contributed by atoms with Gasteiger partial charge in [0.1, 0.15) is 22.8 Å². The van der Waals surface area contributed by atoms with Crippen LogP contribution in [0.4, 0.5) is 23.5 Å². The average Bonchev–Trinajstić information content (AvgIpc) is 2.96. The van der Waals surface area contributed by atoms with E-state index in [1.807, 2.05) is 4.72 Å². The molecule has 220 valence electrons. The molecule has 2 unspecified atom stereocenters. The van der Waals surface area contributed by atoms with E-state index < -0.39 is 57.3 Å². The molecule has 2 aromatic heterocycles. The number of halogens is 5. The first-order valence-corrected chi connectivity index (χ1v) is 14.1. The van der Waals surface area contributed by atoms with E-state index in [1.165, 1.54) is 30.6 Å². The van der Waals surface area contributed by atoms with Gasteiger partial charge < -0.3 is 15.4 Å². The highest BCUT2D eigenvalue weighted by atomic mass is 35.5. The number of rotatable bonds is 9. The highest BCUT2D eigenvalue weighted by Crippen LogP contribution is 2.40. The number of hydrogen-bond donors (Lipinski definition) is 4. The number of alkyl halides is 1. The van der Waals surface area contributed by atoms with Crippen LogP contribution in [-0.4, -0.2) is 49.0 Å². The van der Waals surface area contributed by atoms with Gasteiger partial charge in [0.05, 0.1) is 17.3 Å². The highest BCUT2D eigenvalue weighted by Gasteiger charge is 2.30. The van der Waals surface area contributed by atoms with E-state index in [0.717, 1.165) is 12.1 Å². The zero-order chi connectivity index (χ0) is 29.8. The largest absolute Gasteiger partial charge is 0.437 e. The van der Waals surface area contributed by atoms with Crippen LogP contribution in [-0.2, 0) is 11.3 Å². The molecule has 0 aliphatic carbocycles. The zero-order valence-electron chi connectivity index (χ0n) is 21.5. The molecule has 4 N–H and O–H groups in total. The summed E-state index contributed by atoms with van der Waals surface area (Å²) < 4.78 is 88.1. The fourth-order valence-electron chi connectivity index (χ4n) is 4.55. The lowest BCUT2D eigenvalue weighted by molar-refractivity contribution is 0.254. The lowest BCUT2D eigenvalue weighted by Gasteiger charge is -2.26. The van der Waals surface area contributed by atoms with Crippen LogP contribution in [0.1, 0.15) is 23.6 Å². The molecule has 1 aliphatic rings. The Labute approximate surface area is 245 Å². The van der Waals surface area contributed by atoms with Crippen LogP contribution in [0.15, 0.2) is 60.9 Å². The predicted molar refractivity (Wildman–Crippen MR) is 149 cm³/mol. The van der Waals surface area contributed by atoms with Crippen molar-refractivity contribution in [1.29, 1.82) is 0 Å². The zero-order valence-corrected chi connectivity index (χ0v) is 23.1. The number of ether oxygens (including phenoxy) is 1. The number of benzene rings is 2. The first-order valence-electron chi connectivity index (χ1n) is 12.6. The van der Waals surface area contributed by atoms with E-state index in [4.69, 9.17) is 16.3 Å². The molecular weight excluding hydrogens is 600 g/mol. The molecule has 0 radical (unpaired) electrons. The van der Waals surface area contributed by atoms with Gasteiger partial charge in [0.2, 0.25) is 23.1 Å². The third-order valence-corrected chi connectivity index (χ3v) is 7.21. The number of anilines is 1. The molecule has 5 rings (SSSR count). The predicted octanol–water partition coefficient (Wildman–Crippen LogP) is 5.33. The first kappa shape index (κ1) is 29.8. The van der Waals surface area contributed by atoms with Crippen molar-refractivity contribution in [3.63, 3.8) is 0 Å². The molecule has 4 atom stereocenters. The molecule has 0 spiro atoms. The van der Waals surface area contributed by atoms with Crippen molar-refractivity contribution in [2.45, 2.75) is 24.7 Å². The fourth-order valence-corrected chi connectivity index (χ4v) is 5.19. The van der Waals surface area contributed by atoms with Crippen molar-refractivity contribution in [1.82, 2.24) is 25.0 Å². The van der Waals surface area contributed by atoms with Gasteiger partial charge in [-0.15, -0.1) is 0 Å². The number of pyridine rings is 1. The van der Waals surface area contributed by atoms with Crippen LogP contribution in [0.5, 0.6) is 11.6 Å². The second-order valence-electron chi connectivity index (χ2n) is 9.28. The third-order valence-electron chi connectivity index (χ3n) is 6.42. The van der Waals surface area contributed by atoms with Crippen molar-refractivity contribution in [2.75, 3.05) is 18.4 Å². The molecule has 2 aromatic carbocycles. The Morgan fingerprint density at radius 1 is 1.07 bits per heavy atom. The Balaban J connectivity index is 1.47. The van der Waals surface area contributed by atoms with E-state index >= 15 is 8.78 Å². The van der Waals surface area contributed by atoms with Crippen LogP contribution >= 0.6 is 11.6 Å². The topological polar surface area (TPSA) is 121 Å². The number of nitrogens with zero attached hydrogens (tertiary/aromatic N) is 3. The normalized spacial score (nSPS) is 18.3. The van der Waals surface area contributed by atoms with Gasteiger partial charge in [-0.3, -0.25) is 4.55 Å². The van der Waals surface area contributed by atoms with Crippen LogP contribution in [0.2, 0.25) is 5.02 Å². The van der Waals surface area contributed by atoms with Gasteiger partial charge in [0.25, 0.3) is 0 Å². The first-order chi connectivity index (χ1) is 20.2. The molecule has 15 heteroatoms. The SMILES string of the molecule is O=S(O)NC(c1ccccc1F)c1c(F)cc(Oc2ncccc2-c2ccnc(N[C@@H]3CNC[C@@H](F)C3)n2)c(Cl)c1F. The lowest BCUT2D eigenvalue weighted by atomic mass is 9.97. The minimum atomic E-state index is -2.77. The summed E-state index contributed by atoms with van der Waals surface area (Å²) in [5.74, 6) is -3.75. The van der Waals surface area contributed by atoms with Gasteiger partial charge >= 0.3 is 0 Å². The van der Waals surface area contributed by atoms with Crippen molar-refractivity contribution in [2.24, 2.45) is 0 Å². The quantitative estimate of drug-likeness (QED) is 0.112. The minimum absolute atomic E-state index is 0.0982. The van der Waals surface area contributed by atoms with Crippen LogP contribution in [0.25, 0.3) is 11.3 Å². The molecule has 9 nitrogen and oxygen atoms in total. The molecule has 1 fully saturated rings. The van der Waals surface area contributed by atoms with Crippen molar-refractivity contribution >= 4 is 28.8 Å². The van der Waals surface area contributed by atoms with E-state index in [2.05, 4.69) is 25.6 Å². The van der Waals surface area contributed by atoms with E-state index in [0.29, 0.717) is 17.8 Å². The maximum absolute atomic E-state index is 15.6. The van der Waals surface area contributed by atoms with Gasteiger partial charge in [-0.2, -0.15) is 0 Å². The van der Waals surface area contributed by atoms with Gasteiger partial charge in [-0.05, 0) is 24.3 Å². The maximum atomic E-state index is 15.6. The molecule has 1 aliphatic heterocycles. The summed E-state index contributed by atoms with van der Waals surface area (Å²) in [5, 5.41) is 5.40. The second kappa shape index (κ2) is 13.1. The van der Waals surface area contributed by atoms with Crippen LogP contribution in [0.3, 0.4) is 0 Å². The van der Waals surface area contributed by atoms with Crippen LogP contribution < -0.4 is 20.1 Å². The molecular formula is C27H23ClF4N6O3S. The van der Waals surface area contributed by atoms with Gasteiger partial charge in [-0.25, -0.2) is 41.4 Å². The van der Waals surface area contributed by atoms with Gasteiger partial charge in [-0.1, -0.05) is 29.8 Å². The Morgan fingerprint density at radius 2 is 1.88 bits per heavy atom. The average molecular weight is 623 g/mol. The number of aromatic nitrogens is 3. The molecule has 42 heavy (non-hydrogen) atoms. The molecule has 0 amide bonds. The number of hydrogen-bond acceptors (Lipinski definition) is 7. The summed E-state index contributed by atoms with van der Waals surface area (Å²) in [5.41, 5.74) is -0.399. The highest BCUT2D eigenvalue weighted by molar-refractivity contribution is 7.77. The summed E-state index contributed by atoms with van der Waals surface area (Å²) in [6, 6.07) is 8.63. The fraction of sp³-hybridized carbons (Fsp3) is 0.222. The van der Waals surface area contributed by atoms with E-state index in [-0.39, 0.29) is 36.4 Å². The van der Waals surface area contributed by atoms with Crippen molar-refractivity contribution < 1.29 is 31.1 Å².